The van der Waals surface area contributed by atoms with Gasteiger partial charge in [-0.25, -0.2) is 0 Å². The minimum atomic E-state index is 0.216. The standard InChI is InChI=1S/C13H26N2O/c1-13(10-16-2)8-11(9-15-13)7-12-5-3-4-6-14-12/h11-12,14-15H,3-10H2,1-2H3. The zero-order valence-electron chi connectivity index (χ0n) is 10.7. The van der Waals surface area contributed by atoms with Crippen LogP contribution in [0.4, 0.5) is 0 Å². The lowest BCUT2D eigenvalue weighted by molar-refractivity contribution is 0.127. The SMILES string of the molecule is COCC1(C)CC(CC2CCCCN2)CN1. The van der Waals surface area contributed by atoms with Gasteiger partial charge in [-0.1, -0.05) is 6.42 Å². The average molecular weight is 226 g/mol. The van der Waals surface area contributed by atoms with E-state index in [0.717, 1.165) is 25.1 Å². The quantitative estimate of drug-likeness (QED) is 0.763. The Morgan fingerprint density at radius 1 is 1.38 bits per heavy atom. The molecule has 0 aromatic rings. The van der Waals surface area contributed by atoms with E-state index < -0.39 is 0 Å². The highest BCUT2D eigenvalue weighted by atomic mass is 16.5. The summed E-state index contributed by atoms with van der Waals surface area (Å²) in [4.78, 5) is 0. The highest BCUT2D eigenvalue weighted by Gasteiger charge is 2.35. The predicted molar refractivity (Wildman–Crippen MR) is 66.6 cm³/mol. The van der Waals surface area contributed by atoms with Gasteiger partial charge in [-0.05, 0) is 51.6 Å². The van der Waals surface area contributed by atoms with Crippen LogP contribution in [0.5, 0.6) is 0 Å². The minimum Gasteiger partial charge on any atom is -0.383 e. The Hall–Kier alpha value is -0.120. The fourth-order valence-corrected chi connectivity index (χ4v) is 3.29. The van der Waals surface area contributed by atoms with Crippen LogP contribution in [0.2, 0.25) is 0 Å². The van der Waals surface area contributed by atoms with E-state index in [1.165, 1.54) is 38.6 Å². The fourth-order valence-electron chi connectivity index (χ4n) is 3.29. The summed E-state index contributed by atoms with van der Waals surface area (Å²) in [5.41, 5.74) is 0.216. The van der Waals surface area contributed by atoms with Gasteiger partial charge in [0.1, 0.15) is 0 Å². The number of ether oxygens (including phenoxy) is 1. The Morgan fingerprint density at radius 2 is 2.25 bits per heavy atom. The Balaban J connectivity index is 1.75. The van der Waals surface area contributed by atoms with Crippen molar-refractivity contribution in [2.45, 2.75) is 50.6 Å². The van der Waals surface area contributed by atoms with Crippen molar-refractivity contribution in [3.63, 3.8) is 0 Å². The van der Waals surface area contributed by atoms with Crippen molar-refractivity contribution >= 4 is 0 Å². The van der Waals surface area contributed by atoms with Crippen LogP contribution in [0.1, 0.15) is 39.0 Å². The first-order valence-corrected chi connectivity index (χ1v) is 6.69. The van der Waals surface area contributed by atoms with E-state index in [2.05, 4.69) is 17.6 Å². The largest absolute Gasteiger partial charge is 0.383 e. The van der Waals surface area contributed by atoms with Crippen molar-refractivity contribution in [2.75, 3.05) is 26.8 Å². The van der Waals surface area contributed by atoms with Crippen LogP contribution in [0.15, 0.2) is 0 Å². The monoisotopic (exact) mass is 226 g/mol. The Labute approximate surface area is 99.3 Å². The summed E-state index contributed by atoms with van der Waals surface area (Å²) in [5, 5.41) is 7.27. The molecule has 2 fully saturated rings. The molecule has 0 amide bonds. The Kier molecular flexibility index (Phi) is 4.22. The van der Waals surface area contributed by atoms with Crippen molar-refractivity contribution in [3.8, 4) is 0 Å². The summed E-state index contributed by atoms with van der Waals surface area (Å²) in [6.45, 7) is 5.50. The van der Waals surface area contributed by atoms with E-state index in [-0.39, 0.29) is 5.54 Å². The number of hydrogen-bond acceptors (Lipinski definition) is 3. The molecule has 2 saturated heterocycles. The van der Waals surface area contributed by atoms with Crippen molar-refractivity contribution in [2.24, 2.45) is 5.92 Å². The Bertz CT molecular complexity index is 216. The first kappa shape index (κ1) is 12.3. The van der Waals surface area contributed by atoms with Gasteiger partial charge in [0.05, 0.1) is 6.61 Å². The summed E-state index contributed by atoms with van der Waals surface area (Å²) in [6.07, 6.45) is 6.75. The summed E-state index contributed by atoms with van der Waals surface area (Å²) < 4.78 is 5.29. The predicted octanol–water partition coefficient (Wildman–Crippen LogP) is 1.53. The van der Waals surface area contributed by atoms with Crippen LogP contribution in [0.25, 0.3) is 0 Å². The van der Waals surface area contributed by atoms with Crippen LogP contribution >= 0.6 is 0 Å². The summed E-state index contributed by atoms with van der Waals surface area (Å²) in [5.74, 6) is 0.829. The summed E-state index contributed by atoms with van der Waals surface area (Å²) in [6, 6.07) is 0.769. The molecule has 3 unspecified atom stereocenters. The molecular weight excluding hydrogens is 200 g/mol. The van der Waals surface area contributed by atoms with Crippen LogP contribution in [0.3, 0.4) is 0 Å². The number of rotatable bonds is 4. The third kappa shape index (κ3) is 3.19. The average Bonchev–Trinajstić information content (AvgIpc) is 2.62. The van der Waals surface area contributed by atoms with E-state index in [1.54, 1.807) is 7.11 Å². The lowest BCUT2D eigenvalue weighted by Gasteiger charge is -2.27. The number of hydrogen-bond donors (Lipinski definition) is 2. The molecule has 0 radical (unpaired) electrons. The molecule has 3 nitrogen and oxygen atoms in total. The third-order valence-corrected chi connectivity index (χ3v) is 4.05. The molecule has 2 aliphatic rings. The molecule has 3 heteroatoms. The van der Waals surface area contributed by atoms with Crippen molar-refractivity contribution in [3.05, 3.63) is 0 Å². The lowest BCUT2D eigenvalue weighted by atomic mass is 9.89. The van der Waals surface area contributed by atoms with Gasteiger partial charge in [-0.3, -0.25) is 0 Å². The van der Waals surface area contributed by atoms with Crippen molar-refractivity contribution in [1.82, 2.24) is 10.6 Å². The summed E-state index contributed by atoms with van der Waals surface area (Å²) >= 11 is 0. The van der Waals surface area contributed by atoms with Crippen molar-refractivity contribution in [1.29, 1.82) is 0 Å². The van der Waals surface area contributed by atoms with Gasteiger partial charge in [0.15, 0.2) is 0 Å². The first-order chi connectivity index (χ1) is 7.72. The molecule has 0 spiro atoms. The molecule has 2 aliphatic heterocycles. The van der Waals surface area contributed by atoms with Gasteiger partial charge in [-0.2, -0.15) is 0 Å². The van der Waals surface area contributed by atoms with Crippen LogP contribution in [-0.4, -0.2) is 38.4 Å². The molecule has 2 heterocycles. The first-order valence-electron chi connectivity index (χ1n) is 6.69. The second-order valence-corrected chi connectivity index (χ2v) is 5.83. The van der Waals surface area contributed by atoms with Gasteiger partial charge >= 0.3 is 0 Å². The molecule has 2 rings (SSSR count). The minimum absolute atomic E-state index is 0.216. The molecule has 94 valence electrons. The van der Waals surface area contributed by atoms with E-state index >= 15 is 0 Å². The molecule has 0 aromatic heterocycles. The van der Waals surface area contributed by atoms with E-state index in [9.17, 15) is 0 Å². The Morgan fingerprint density at radius 3 is 2.94 bits per heavy atom. The second-order valence-electron chi connectivity index (χ2n) is 5.83. The second kappa shape index (κ2) is 5.48. The van der Waals surface area contributed by atoms with Gasteiger partial charge in [0.25, 0.3) is 0 Å². The molecule has 0 aliphatic carbocycles. The molecule has 2 N–H and O–H groups in total. The van der Waals surface area contributed by atoms with E-state index in [1.807, 2.05) is 0 Å². The smallest absolute Gasteiger partial charge is 0.0641 e. The lowest BCUT2D eigenvalue weighted by Crippen LogP contribution is -2.40. The van der Waals surface area contributed by atoms with Crippen LogP contribution < -0.4 is 10.6 Å². The number of piperidine rings is 1. The summed E-state index contributed by atoms with van der Waals surface area (Å²) in [7, 11) is 1.79. The zero-order valence-corrected chi connectivity index (χ0v) is 10.7. The van der Waals surface area contributed by atoms with Gasteiger partial charge < -0.3 is 15.4 Å². The van der Waals surface area contributed by atoms with Gasteiger partial charge in [-0.15, -0.1) is 0 Å². The number of nitrogens with one attached hydrogen (secondary N) is 2. The van der Waals surface area contributed by atoms with Gasteiger partial charge in [0.2, 0.25) is 0 Å². The highest BCUT2D eigenvalue weighted by Crippen LogP contribution is 2.28. The number of methoxy groups -OCH3 is 1. The van der Waals surface area contributed by atoms with E-state index in [4.69, 9.17) is 4.74 Å². The molecule has 0 saturated carbocycles. The molecule has 16 heavy (non-hydrogen) atoms. The highest BCUT2D eigenvalue weighted by molar-refractivity contribution is 4.94. The third-order valence-electron chi connectivity index (χ3n) is 4.05. The molecule has 0 bridgehead atoms. The van der Waals surface area contributed by atoms with Crippen LogP contribution in [0, 0.1) is 5.92 Å². The molecule has 0 aromatic carbocycles. The zero-order chi connectivity index (χ0) is 11.4. The van der Waals surface area contributed by atoms with Crippen molar-refractivity contribution < 1.29 is 4.74 Å². The molecular formula is C13H26N2O. The topological polar surface area (TPSA) is 33.3 Å². The normalized spacial score (nSPS) is 40.1. The molecule has 3 atom stereocenters. The van der Waals surface area contributed by atoms with E-state index in [0.29, 0.717) is 0 Å². The van der Waals surface area contributed by atoms with Gasteiger partial charge in [0, 0.05) is 18.7 Å². The maximum atomic E-state index is 5.29. The van der Waals surface area contributed by atoms with Crippen LogP contribution in [-0.2, 0) is 4.74 Å². The maximum Gasteiger partial charge on any atom is 0.0641 e. The fraction of sp³-hybridized carbons (Fsp3) is 1.00. The maximum absolute atomic E-state index is 5.29.